The average Bonchev–Trinajstić information content (AvgIpc) is 2.82. The molecule has 1 fully saturated rings. The molecule has 4 heteroatoms. The van der Waals surface area contributed by atoms with E-state index in [1.165, 1.54) is 0 Å². The van der Waals surface area contributed by atoms with E-state index < -0.39 is 6.23 Å². The van der Waals surface area contributed by atoms with Gasteiger partial charge in [0, 0.05) is 12.7 Å². The zero-order valence-electron chi connectivity index (χ0n) is 7.76. The molecule has 0 spiro atoms. The highest BCUT2D eigenvalue weighted by Crippen LogP contribution is 2.32. The maximum Gasteiger partial charge on any atom is 0.270 e. The van der Waals surface area contributed by atoms with Crippen LogP contribution < -0.4 is 0 Å². The van der Waals surface area contributed by atoms with Crippen LogP contribution in [0.4, 0.5) is 0 Å². The first kappa shape index (κ1) is 8.05. The Bertz CT molecular complexity index is 385. The summed E-state index contributed by atoms with van der Waals surface area (Å²) in [5, 5.41) is 10.0. The van der Waals surface area contributed by atoms with Crippen LogP contribution >= 0.6 is 0 Å². The Morgan fingerprint density at radius 2 is 2.36 bits per heavy atom. The molecular formula is C10H12N2O2. The van der Waals surface area contributed by atoms with Crippen LogP contribution in [0.1, 0.15) is 29.6 Å². The Labute approximate surface area is 81.7 Å². The number of aliphatic hydroxyl groups is 1. The van der Waals surface area contributed by atoms with Gasteiger partial charge in [0.1, 0.15) is 5.69 Å². The Morgan fingerprint density at radius 1 is 1.50 bits per heavy atom. The highest BCUT2D eigenvalue weighted by molar-refractivity contribution is 5.94. The lowest BCUT2D eigenvalue weighted by Gasteiger charge is -2.35. The number of nitrogens with zero attached hydrogens (tertiary/aromatic N) is 2. The summed E-state index contributed by atoms with van der Waals surface area (Å²) in [6, 6.07) is 3.56. The lowest BCUT2D eigenvalue weighted by Crippen LogP contribution is -2.46. The molecule has 3 rings (SSSR count). The van der Waals surface area contributed by atoms with Crippen LogP contribution in [0.3, 0.4) is 0 Å². The van der Waals surface area contributed by atoms with Gasteiger partial charge in [-0.3, -0.25) is 4.79 Å². The van der Waals surface area contributed by atoms with E-state index >= 15 is 0 Å². The summed E-state index contributed by atoms with van der Waals surface area (Å²) in [7, 11) is 0. The lowest BCUT2D eigenvalue weighted by atomic mass is 10.1. The zero-order chi connectivity index (χ0) is 9.71. The van der Waals surface area contributed by atoms with Crippen molar-refractivity contribution in [3.05, 3.63) is 24.0 Å². The van der Waals surface area contributed by atoms with Crippen LogP contribution in [0.15, 0.2) is 18.3 Å². The fourth-order valence-corrected chi connectivity index (χ4v) is 2.49. The second kappa shape index (κ2) is 2.60. The van der Waals surface area contributed by atoms with Gasteiger partial charge in [0.2, 0.25) is 0 Å². The Balaban J connectivity index is 2.12. The van der Waals surface area contributed by atoms with Gasteiger partial charge in [-0.2, -0.15) is 0 Å². The number of carbonyl (C=O) groups is 1. The highest BCUT2D eigenvalue weighted by atomic mass is 16.3. The molecule has 1 aromatic heterocycles. The van der Waals surface area contributed by atoms with Crippen LogP contribution in [0.5, 0.6) is 0 Å². The summed E-state index contributed by atoms with van der Waals surface area (Å²) in [4.78, 5) is 13.7. The molecule has 1 amide bonds. The summed E-state index contributed by atoms with van der Waals surface area (Å²) in [5.41, 5.74) is 0.607. The molecule has 2 atom stereocenters. The van der Waals surface area contributed by atoms with Crippen LogP contribution in [-0.4, -0.2) is 33.1 Å². The second-order valence-electron chi connectivity index (χ2n) is 3.92. The lowest BCUT2D eigenvalue weighted by molar-refractivity contribution is 0.000901. The predicted molar refractivity (Wildman–Crippen MR) is 49.7 cm³/mol. The highest BCUT2D eigenvalue weighted by Gasteiger charge is 2.40. The molecule has 0 saturated carbocycles. The van der Waals surface area contributed by atoms with Gasteiger partial charge in [0.15, 0.2) is 6.23 Å². The third-order valence-electron chi connectivity index (χ3n) is 3.19. The fourth-order valence-electron chi connectivity index (χ4n) is 2.49. The monoisotopic (exact) mass is 192 g/mol. The number of hydrogen-bond acceptors (Lipinski definition) is 2. The van der Waals surface area contributed by atoms with Crippen molar-refractivity contribution in [3.63, 3.8) is 0 Å². The minimum atomic E-state index is -0.555. The smallest absolute Gasteiger partial charge is 0.270 e. The van der Waals surface area contributed by atoms with E-state index in [0.717, 1.165) is 19.4 Å². The largest absolute Gasteiger partial charge is 0.371 e. The van der Waals surface area contributed by atoms with Crippen molar-refractivity contribution in [2.24, 2.45) is 0 Å². The number of aromatic nitrogens is 1. The van der Waals surface area contributed by atoms with Gasteiger partial charge in [0.05, 0.1) is 6.04 Å². The normalized spacial score (nSPS) is 30.4. The topological polar surface area (TPSA) is 45.5 Å². The van der Waals surface area contributed by atoms with Gasteiger partial charge in [0.25, 0.3) is 5.91 Å². The van der Waals surface area contributed by atoms with E-state index in [0.29, 0.717) is 5.69 Å². The second-order valence-corrected chi connectivity index (χ2v) is 3.92. The van der Waals surface area contributed by atoms with E-state index in [1.807, 2.05) is 0 Å². The van der Waals surface area contributed by atoms with Gasteiger partial charge < -0.3 is 14.6 Å². The van der Waals surface area contributed by atoms with Crippen molar-refractivity contribution in [2.45, 2.75) is 25.1 Å². The Hall–Kier alpha value is -1.29. The molecule has 2 aliphatic rings. The molecule has 1 saturated heterocycles. The van der Waals surface area contributed by atoms with E-state index in [2.05, 4.69) is 0 Å². The molecule has 0 aromatic carbocycles. The van der Waals surface area contributed by atoms with Crippen molar-refractivity contribution in [1.29, 1.82) is 0 Å². The SMILES string of the molecule is O=C1c2cccn2C(O)C2CCCN12. The predicted octanol–water partition coefficient (Wildman–Crippen LogP) is 0.597. The van der Waals surface area contributed by atoms with Gasteiger partial charge in [-0.15, -0.1) is 0 Å². The maximum absolute atomic E-state index is 11.9. The molecule has 0 radical (unpaired) electrons. The summed E-state index contributed by atoms with van der Waals surface area (Å²) >= 11 is 0. The summed E-state index contributed by atoms with van der Waals surface area (Å²) in [5.74, 6) is 0.0581. The number of aliphatic hydroxyl groups excluding tert-OH is 1. The van der Waals surface area contributed by atoms with Gasteiger partial charge in [-0.1, -0.05) is 0 Å². The summed E-state index contributed by atoms with van der Waals surface area (Å²) in [6.45, 7) is 0.783. The number of rotatable bonds is 0. The molecule has 4 nitrogen and oxygen atoms in total. The molecule has 1 aromatic rings. The molecule has 74 valence electrons. The van der Waals surface area contributed by atoms with E-state index in [1.54, 1.807) is 27.8 Å². The van der Waals surface area contributed by atoms with Crippen LogP contribution in [-0.2, 0) is 0 Å². The molecule has 2 unspecified atom stereocenters. The van der Waals surface area contributed by atoms with Crippen molar-refractivity contribution in [1.82, 2.24) is 9.47 Å². The molecule has 3 heterocycles. The third kappa shape index (κ3) is 0.838. The number of carbonyl (C=O) groups excluding carboxylic acids is 1. The average molecular weight is 192 g/mol. The molecular weight excluding hydrogens is 180 g/mol. The van der Waals surface area contributed by atoms with E-state index in [9.17, 15) is 9.90 Å². The van der Waals surface area contributed by atoms with Crippen LogP contribution in [0.25, 0.3) is 0 Å². The molecule has 2 aliphatic heterocycles. The third-order valence-corrected chi connectivity index (χ3v) is 3.19. The number of hydrogen-bond donors (Lipinski definition) is 1. The van der Waals surface area contributed by atoms with Crippen molar-refractivity contribution in [2.75, 3.05) is 6.54 Å². The number of amides is 1. The van der Waals surface area contributed by atoms with Crippen LogP contribution in [0, 0.1) is 0 Å². The zero-order valence-corrected chi connectivity index (χ0v) is 7.76. The van der Waals surface area contributed by atoms with Crippen molar-refractivity contribution < 1.29 is 9.90 Å². The summed E-state index contributed by atoms with van der Waals surface area (Å²) in [6.07, 6.45) is 3.12. The minimum absolute atomic E-state index is 0.0117. The van der Waals surface area contributed by atoms with Crippen molar-refractivity contribution in [3.8, 4) is 0 Å². The fraction of sp³-hybridized carbons (Fsp3) is 0.500. The van der Waals surface area contributed by atoms with Gasteiger partial charge in [-0.05, 0) is 25.0 Å². The first-order chi connectivity index (χ1) is 6.79. The first-order valence-electron chi connectivity index (χ1n) is 4.95. The summed E-state index contributed by atoms with van der Waals surface area (Å²) < 4.78 is 1.68. The minimum Gasteiger partial charge on any atom is -0.371 e. The molecule has 1 N–H and O–H groups in total. The van der Waals surface area contributed by atoms with E-state index in [4.69, 9.17) is 0 Å². The standard InChI is InChI=1S/C10H12N2O2/c13-9-7-3-1-5-11(7)10(14)8-4-2-6-12(8)9/h1,3,5,8,10,14H,2,4,6H2. The molecule has 0 bridgehead atoms. The van der Waals surface area contributed by atoms with Gasteiger partial charge >= 0.3 is 0 Å². The maximum atomic E-state index is 11.9. The van der Waals surface area contributed by atoms with Gasteiger partial charge in [-0.25, -0.2) is 0 Å². The molecule has 0 aliphatic carbocycles. The van der Waals surface area contributed by atoms with E-state index in [-0.39, 0.29) is 11.9 Å². The Morgan fingerprint density at radius 3 is 3.21 bits per heavy atom. The number of fused-ring (bicyclic) bond motifs is 2. The first-order valence-corrected chi connectivity index (χ1v) is 4.95. The Kier molecular flexibility index (Phi) is 1.50. The quantitative estimate of drug-likeness (QED) is 0.654. The molecule has 14 heavy (non-hydrogen) atoms. The van der Waals surface area contributed by atoms with Crippen LogP contribution in [0.2, 0.25) is 0 Å². The van der Waals surface area contributed by atoms with Crippen molar-refractivity contribution >= 4 is 5.91 Å².